The smallest absolute Gasteiger partial charge is 0.312 e. The van der Waals surface area contributed by atoms with Crippen molar-refractivity contribution in [1.29, 1.82) is 0 Å². The summed E-state index contributed by atoms with van der Waals surface area (Å²) in [5, 5.41) is 13.6. The van der Waals surface area contributed by atoms with Gasteiger partial charge in [-0.1, -0.05) is 57.0 Å². The summed E-state index contributed by atoms with van der Waals surface area (Å²) >= 11 is 3.66. The van der Waals surface area contributed by atoms with Gasteiger partial charge in [-0.15, -0.1) is 0 Å². The lowest BCUT2D eigenvalue weighted by Gasteiger charge is -2.41. The molecule has 3 saturated heterocycles. The first kappa shape index (κ1) is 28.4. The number of carbonyl (C=O) groups is 3. The Hall–Kier alpha value is -1.19. The van der Waals surface area contributed by atoms with Gasteiger partial charge in [-0.05, 0) is 44.9 Å². The topological polar surface area (TPSA) is 105 Å². The van der Waals surface area contributed by atoms with E-state index in [4.69, 9.17) is 9.47 Å². The predicted molar refractivity (Wildman–Crippen MR) is 136 cm³/mol. The lowest BCUT2D eigenvalue weighted by molar-refractivity contribution is -0.155. The van der Waals surface area contributed by atoms with E-state index >= 15 is 0 Å². The van der Waals surface area contributed by atoms with Gasteiger partial charge in [0.1, 0.15) is 11.6 Å². The fourth-order valence-corrected chi connectivity index (χ4v) is 7.76. The molecule has 8 nitrogen and oxygen atoms in total. The maximum absolute atomic E-state index is 14.1. The van der Waals surface area contributed by atoms with Gasteiger partial charge < -0.3 is 24.8 Å². The maximum atomic E-state index is 14.1. The summed E-state index contributed by atoms with van der Waals surface area (Å²) in [6, 6.07) is -1.51. The number of alkyl halides is 1. The summed E-state index contributed by atoms with van der Waals surface area (Å²) in [5.41, 5.74) is -1.71. The number of nitrogens with zero attached hydrogens (tertiary/aromatic N) is 1. The van der Waals surface area contributed by atoms with Crippen molar-refractivity contribution in [3.8, 4) is 0 Å². The summed E-state index contributed by atoms with van der Waals surface area (Å²) in [4.78, 5) is 42.5. The average Bonchev–Trinajstić information content (AvgIpc) is 3.30. The van der Waals surface area contributed by atoms with Gasteiger partial charge in [0, 0.05) is 10.4 Å². The van der Waals surface area contributed by atoms with Crippen LogP contribution in [0.5, 0.6) is 0 Å². The van der Waals surface area contributed by atoms with Gasteiger partial charge in [-0.3, -0.25) is 14.4 Å². The van der Waals surface area contributed by atoms with Crippen LogP contribution in [0, 0.1) is 23.2 Å². The van der Waals surface area contributed by atoms with Crippen molar-refractivity contribution in [3.63, 3.8) is 0 Å². The first-order valence-corrected chi connectivity index (χ1v) is 13.8. The van der Waals surface area contributed by atoms with Crippen molar-refractivity contribution in [2.24, 2.45) is 23.2 Å². The Bertz CT molecular complexity index is 842. The highest BCUT2D eigenvalue weighted by molar-refractivity contribution is 9.09. The lowest BCUT2D eigenvalue weighted by Crippen LogP contribution is -2.62. The molecule has 0 radical (unpaired) electrons. The molecule has 3 heterocycles. The molecule has 200 valence electrons. The van der Waals surface area contributed by atoms with Crippen LogP contribution in [0.4, 0.5) is 0 Å². The van der Waals surface area contributed by atoms with E-state index in [2.05, 4.69) is 42.0 Å². The molecule has 2 bridgehead atoms. The van der Waals surface area contributed by atoms with E-state index in [1.807, 2.05) is 27.7 Å². The predicted octanol–water partition coefficient (Wildman–Crippen LogP) is 3.04. The largest absolute Gasteiger partial charge is 0.466 e. The van der Waals surface area contributed by atoms with Crippen LogP contribution in [0.3, 0.4) is 0 Å². The number of amides is 2. The molecule has 1 spiro atoms. The van der Waals surface area contributed by atoms with Crippen molar-refractivity contribution in [2.75, 3.05) is 13.2 Å². The van der Waals surface area contributed by atoms with E-state index < -0.39 is 47.1 Å². The normalized spacial score (nSPS) is 34.1. The molecule has 2 N–H and O–H groups in total. The molecule has 3 fully saturated rings. The number of ether oxygens (including phenoxy) is 2. The average molecular weight is 560 g/mol. The zero-order valence-electron chi connectivity index (χ0n) is 22.4. The highest BCUT2D eigenvalue weighted by atomic mass is 79.9. The van der Waals surface area contributed by atoms with Crippen molar-refractivity contribution in [2.45, 2.75) is 109 Å². The summed E-state index contributed by atoms with van der Waals surface area (Å²) in [7, 11) is 0. The molecule has 9 heteroatoms. The molecule has 0 aromatic heterocycles. The Morgan fingerprint density at radius 1 is 1.29 bits per heavy atom. The molecule has 0 aromatic carbocycles. The van der Waals surface area contributed by atoms with Gasteiger partial charge in [0.25, 0.3) is 0 Å². The highest BCUT2D eigenvalue weighted by Crippen LogP contribution is 2.60. The van der Waals surface area contributed by atoms with E-state index in [0.29, 0.717) is 6.42 Å². The summed E-state index contributed by atoms with van der Waals surface area (Å²) in [6.07, 6.45) is 1.34. The molecule has 2 amide bonds. The molecule has 0 aliphatic carbocycles. The molecule has 35 heavy (non-hydrogen) atoms. The summed E-state index contributed by atoms with van der Waals surface area (Å²) < 4.78 is 11.8. The van der Waals surface area contributed by atoms with E-state index in [0.717, 1.165) is 12.8 Å². The number of esters is 1. The fraction of sp³-hybridized carbons (Fsp3) is 0.885. The Kier molecular flexibility index (Phi) is 8.06. The quantitative estimate of drug-likeness (QED) is 0.333. The zero-order chi connectivity index (χ0) is 26.5. The molecule has 8 atom stereocenters. The molecule has 3 aliphatic heterocycles. The zero-order valence-corrected chi connectivity index (χ0v) is 24.0. The van der Waals surface area contributed by atoms with Gasteiger partial charge in [0.05, 0.1) is 37.2 Å². The number of fused-ring (bicyclic) bond motifs is 1. The van der Waals surface area contributed by atoms with Gasteiger partial charge in [-0.2, -0.15) is 0 Å². The third-order valence-electron chi connectivity index (χ3n) is 7.81. The minimum Gasteiger partial charge on any atom is -0.466 e. The summed E-state index contributed by atoms with van der Waals surface area (Å²) in [6.45, 7) is 15.9. The van der Waals surface area contributed by atoms with Crippen LogP contribution in [-0.4, -0.2) is 75.2 Å². The van der Waals surface area contributed by atoms with Crippen molar-refractivity contribution in [3.05, 3.63) is 0 Å². The molecule has 0 aromatic rings. The standard InChI is InChI=1S/C26H43BrN2O6/c1-9-14(3)16(12-30)29-20(21(31)28-25(7,8)13-24(4,5)6)26-11-15(27)19(35-26)17(18(26)22(29)32)23(33)34-10-2/h14-20,30H,9-13H2,1-8H3,(H,28,31)/t14-,15?,16-,17+,18-,19+,20?,26?/m0/s1. The van der Waals surface area contributed by atoms with Crippen LogP contribution in [-0.2, 0) is 23.9 Å². The number of rotatable bonds is 9. The number of likely N-dealkylation sites (tertiary alicyclic amines) is 1. The summed E-state index contributed by atoms with van der Waals surface area (Å²) in [5.74, 6) is -2.74. The molecule has 3 unspecified atom stereocenters. The van der Waals surface area contributed by atoms with Crippen LogP contribution in [0.15, 0.2) is 0 Å². The van der Waals surface area contributed by atoms with Gasteiger partial charge in [0.15, 0.2) is 0 Å². The van der Waals surface area contributed by atoms with Crippen LogP contribution in [0.1, 0.15) is 74.7 Å². The first-order chi connectivity index (χ1) is 16.1. The van der Waals surface area contributed by atoms with Gasteiger partial charge >= 0.3 is 5.97 Å². The number of hydrogen-bond acceptors (Lipinski definition) is 6. The second kappa shape index (κ2) is 9.93. The first-order valence-electron chi connectivity index (χ1n) is 12.9. The monoisotopic (exact) mass is 558 g/mol. The van der Waals surface area contributed by atoms with Gasteiger partial charge in [-0.25, -0.2) is 0 Å². The van der Waals surface area contributed by atoms with E-state index in [-0.39, 0.29) is 41.2 Å². The maximum Gasteiger partial charge on any atom is 0.312 e. The molecule has 3 aliphatic rings. The van der Waals surface area contributed by atoms with Crippen LogP contribution in [0.2, 0.25) is 0 Å². The van der Waals surface area contributed by atoms with Crippen molar-refractivity contribution >= 4 is 33.7 Å². The highest BCUT2D eigenvalue weighted by Gasteiger charge is 2.77. The second-order valence-corrected chi connectivity index (χ2v) is 13.6. The number of halogens is 1. The van der Waals surface area contributed by atoms with Crippen molar-refractivity contribution < 1.29 is 29.0 Å². The molecular weight excluding hydrogens is 516 g/mol. The Labute approximate surface area is 218 Å². The third-order valence-corrected chi connectivity index (χ3v) is 8.66. The number of carbonyl (C=O) groups excluding carboxylic acids is 3. The Balaban J connectivity index is 2.08. The lowest BCUT2D eigenvalue weighted by atomic mass is 9.70. The second-order valence-electron chi connectivity index (χ2n) is 12.4. The number of aliphatic hydroxyl groups excluding tert-OH is 1. The van der Waals surface area contributed by atoms with Crippen LogP contribution < -0.4 is 5.32 Å². The number of aliphatic hydroxyl groups is 1. The van der Waals surface area contributed by atoms with Crippen molar-refractivity contribution in [1.82, 2.24) is 10.2 Å². The fourth-order valence-electron chi connectivity index (χ4n) is 6.82. The van der Waals surface area contributed by atoms with Crippen LogP contribution >= 0.6 is 15.9 Å². The van der Waals surface area contributed by atoms with E-state index in [1.165, 1.54) is 4.90 Å². The van der Waals surface area contributed by atoms with E-state index in [1.54, 1.807) is 6.92 Å². The third kappa shape index (κ3) is 5.01. The minimum atomic E-state index is -1.16. The number of hydrogen-bond donors (Lipinski definition) is 2. The Morgan fingerprint density at radius 3 is 2.43 bits per heavy atom. The molecule has 0 saturated carbocycles. The molecule has 3 rings (SSSR count). The number of nitrogens with one attached hydrogen (secondary N) is 1. The molecular formula is C26H43BrN2O6. The SMILES string of the molecule is CCOC(=O)[C@H]1[C@@H]2OC3(CC2Br)C(C(=O)NC(C)(C)CC(C)(C)C)N([C@@H](CO)[C@@H](C)CC)C(=O)[C@H]13. The minimum absolute atomic E-state index is 0.0224. The Morgan fingerprint density at radius 2 is 1.91 bits per heavy atom. The van der Waals surface area contributed by atoms with Gasteiger partial charge in [0.2, 0.25) is 11.8 Å². The van der Waals surface area contributed by atoms with E-state index in [9.17, 15) is 19.5 Å². The van der Waals surface area contributed by atoms with Crippen LogP contribution in [0.25, 0.3) is 0 Å².